The van der Waals surface area contributed by atoms with Gasteiger partial charge in [0.1, 0.15) is 0 Å². The minimum Gasteiger partial charge on any atom is -0.185 e. The first-order valence-corrected chi connectivity index (χ1v) is 11.0. The maximum Gasteiger partial charge on any atom is 0.494 e. The van der Waals surface area contributed by atoms with E-state index >= 15 is 0 Å². The predicted molar refractivity (Wildman–Crippen MR) is 98.6 cm³/mol. The van der Waals surface area contributed by atoms with E-state index in [1.54, 1.807) is 6.66 Å². The molecular formula is C19H18O2PSi+. The Morgan fingerprint density at radius 3 is 1.22 bits per heavy atom. The predicted octanol–water partition coefficient (Wildman–Crippen LogP) is 3.04. The summed E-state index contributed by atoms with van der Waals surface area (Å²) in [6, 6.07) is 30.5. The van der Waals surface area contributed by atoms with Crippen LogP contribution in [-0.4, -0.2) is 15.0 Å². The Bertz CT molecular complexity index is 680. The fourth-order valence-electron chi connectivity index (χ4n) is 2.87. The normalized spacial score (nSPS) is 12.0. The van der Waals surface area contributed by atoms with E-state index in [-0.39, 0.29) is 0 Å². The summed E-state index contributed by atoms with van der Waals surface area (Å²) in [6.45, 7) is 1.63. The van der Waals surface area contributed by atoms with Gasteiger partial charge in [0, 0.05) is 0 Å². The van der Waals surface area contributed by atoms with Crippen molar-refractivity contribution in [3.8, 4) is 0 Å². The van der Waals surface area contributed by atoms with Crippen molar-refractivity contribution < 1.29 is 8.78 Å². The van der Waals surface area contributed by atoms with Crippen LogP contribution in [0.25, 0.3) is 0 Å². The molecule has 0 amide bonds. The van der Waals surface area contributed by atoms with Crippen molar-refractivity contribution in [3.63, 3.8) is 0 Å². The van der Waals surface area contributed by atoms with Gasteiger partial charge in [-0.15, -0.1) is 0 Å². The van der Waals surface area contributed by atoms with Crippen LogP contribution < -0.4 is 15.6 Å². The van der Waals surface area contributed by atoms with Crippen molar-refractivity contribution >= 4 is 31.9 Å². The molecule has 0 radical (unpaired) electrons. The van der Waals surface area contributed by atoms with Gasteiger partial charge in [-0.2, -0.15) is 4.21 Å². The molecule has 0 saturated heterocycles. The summed E-state index contributed by atoms with van der Waals surface area (Å²) >= 11 is 0. The summed E-state index contributed by atoms with van der Waals surface area (Å²) in [5, 5.41) is 3.30. The number of hydrogen-bond acceptors (Lipinski definition) is 2. The SMILES string of the molecule is C[P+](=O)O[Si](c1ccccc1)(c1ccccc1)c1ccccc1. The molecule has 3 aromatic rings. The second-order valence-electron chi connectivity index (χ2n) is 5.31. The van der Waals surface area contributed by atoms with E-state index < -0.39 is 16.3 Å². The highest BCUT2D eigenvalue weighted by molar-refractivity contribution is 7.42. The van der Waals surface area contributed by atoms with Gasteiger partial charge >= 0.3 is 16.3 Å². The second-order valence-corrected chi connectivity index (χ2v) is 10.0. The summed E-state index contributed by atoms with van der Waals surface area (Å²) in [5.74, 6) is 0. The average molecular weight is 337 g/mol. The van der Waals surface area contributed by atoms with E-state index in [1.807, 2.05) is 54.6 Å². The van der Waals surface area contributed by atoms with Gasteiger partial charge < -0.3 is 0 Å². The van der Waals surface area contributed by atoms with Gasteiger partial charge in [0.25, 0.3) is 0 Å². The molecule has 0 fully saturated rings. The molecule has 3 aromatic carbocycles. The van der Waals surface area contributed by atoms with Crippen LogP contribution in [0.4, 0.5) is 0 Å². The molecule has 4 heteroatoms. The van der Waals surface area contributed by atoms with Gasteiger partial charge in [-0.3, -0.25) is 0 Å². The van der Waals surface area contributed by atoms with Crippen molar-refractivity contribution in [2.75, 3.05) is 6.66 Å². The van der Waals surface area contributed by atoms with Crippen LogP contribution in [-0.2, 0) is 8.78 Å². The molecular weight excluding hydrogens is 319 g/mol. The maximum atomic E-state index is 12.1. The lowest BCUT2D eigenvalue weighted by atomic mass is 10.3. The van der Waals surface area contributed by atoms with Crippen LogP contribution in [0.1, 0.15) is 0 Å². The minimum atomic E-state index is -2.77. The Morgan fingerprint density at radius 1 is 0.652 bits per heavy atom. The van der Waals surface area contributed by atoms with Crippen molar-refractivity contribution in [3.05, 3.63) is 91.0 Å². The molecule has 0 heterocycles. The number of hydrogen-bond donors (Lipinski definition) is 0. The van der Waals surface area contributed by atoms with E-state index in [0.29, 0.717) is 0 Å². The Hall–Kier alpha value is -2.06. The van der Waals surface area contributed by atoms with E-state index in [1.165, 1.54) is 0 Å². The van der Waals surface area contributed by atoms with Crippen molar-refractivity contribution in [2.24, 2.45) is 0 Å². The Balaban J connectivity index is 2.32. The molecule has 0 aromatic heterocycles. The molecule has 0 aliphatic carbocycles. The monoisotopic (exact) mass is 337 g/mol. The maximum absolute atomic E-state index is 12.1. The summed E-state index contributed by atoms with van der Waals surface area (Å²) in [4.78, 5) is 0. The van der Waals surface area contributed by atoms with Gasteiger partial charge in [-0.25, -0.2) is 0 Å². The fraction of sp³-hybridized carbons (Fsp3) is 0.0526. The van der Waals surface area contributed by atoms with Gasteiger partial charge in [0.2, 0.25) is 0 Å². The van der Waals surface area contributed by atoms with Crippen molar-refractivity contribution in [2.45, 2.75) is 0 Å². The highest BCUT2D eigenvalue weighted by Gasteiger charge is 2.48. The zero-order valence-electron chi connectivity index (χ0n) is 12.9. The molecule has 23 heavy (non-hydrogen) atoms. The molecule has 0 saturated carbocycles. The van der Waals surface area contributed by atoms with Crippen LogP contribution in [0.15, 0.2) is 91.0 Å². The highest BCUT2D eigenvalue weighted by Crippen LogP contribution is 2.24. The lowest BCUT2D eigenvalue weighted by Gasteiger charge is -2.26. The average Bonchev–Trinajstić information content (AvgIpc) is 2.62. The Kier molecular flexibility index (Phi) is 4.82. The molecule has 0 aliphatic rings. The second kappa shape index (κ2) is 7.01. The minimum absolute atomic E-state index is 1.10. The van der Waals surface area contributed by atoms with Crippen molar-refractivity contribution in [1.29, 1.82) is 0 Å². The molecule has 1 unspecified atom stereocenters. The first kappa shape index (κ1) is 15.8. The number of rotatable bonds is 5. The third-order valence-corrected chi connectivity index (χ3v) is 9.37. The van der Waals surface area contributed by atoms with Crippen molar-refractivity contribution in [1.82, 2.24) is 0 Å². The number of benzene rings is 3. The molecule has 1 atom stereocenters. The molecule has 0 bridgehead atoms. The van der Waals surface area contributed by atoms with Crippen LogP contribution >= 0.6 is 8.03 Å². The molecule has 114 valence electrons. The summed E-state index contributed by atoms with van der Waals surface area (Å²) in [7, 11) is -4.52. The standard InChI is InChI=1S/C19H18O2PSi/c1-22(20)21-23(17-11-5-2-6-12-17,18-13-7-3-8-14-18)19-15-9-4-10-16-19/h2-16H,1H3/q+1. The Labute approximate surface area is 138 Å². The summed E-state index contributed by atoms with van der Waals surface area (Å²) < 4.78 is 18.4. The molecule has 3 rings (SSSR count). The van der Waals surface area contributed by atoms with Crippen LogP contribution in [0.3, 0.4) is 0 Å². The van der Waals surface area contributed by atoms with Crippen LogP contribution in [0.5, 0.6) is 0 Å². The third-order valence-electron chi connectivity index (χ3n) is 3.81. The summed E-state index contributed by atoms with van der Waals surface area (Å²) in [6.07, 6.45) is 0. The van der Waals surface area contributed by atoms with Crippen LogP contribution in [0, 0.1) is 0 Å². The molecule has 2 nitrogen and oxygen atoms in total. The largest absolute Gasteiger partial charge is 0.494 e. The van der Waals surface area contributed by atoms with E-state index in [9.17, 15) is 4.57 Å². The zero-order valence-corrected chi connectivity index (χ0v) is 14.8. The van der Waals surface area contributed by atoms with E-state index in [4.69, 9.17) is 4.21 Å². The molecule has 0 aliphatic heterocycles. The van der Waals surface area contributed by atoms with Crippen LogP contribution in [0.2, 0.25) is 0 Å². The summed E-state index contributed by atoms with van der Waals surface area (Å²) in [5.41, 5.74) is 0. The quantitative estimate of drug-likeness (QED) is 0.406. The van der Waals surface area contributed by atoms with Gasteiger partial charge in [-0.05, 0) is 20.1 Å². The smallest absolute Gasteiger partial charge is 0.185 e. The van der Waals surface area contributed by atoms with Gasteiger partial charge in [0.15, 0.2) is 6.66 Å². The van der Waals surface area contributed by atoms with Gasteiger partial charge in [0.05, 0.1) is 0 Å². The highest BCUT2D eigenvalue weighted by atomic mass is 31.1. The molecule has 0 N–H and O–H groups in total. The lowest BCUT2D eigenvalue weighted by Crippen LogP contribution is -2.68. The molecule has 0 spiro atoms. The fourth-order valence-corrected chi connectivity index (χ4v) is 8.66. The van der Waals surface area contributed by atoms with Gasteiger partial charge in [-0.1, -0.05) is 91.0 Å². The first-order valence-electron chi connectivity index (χ1n) is 7.50. The lowest BCUT2D eigenvalue weighted by molar-refractivity contribution is 0.518. The van der Waals surface area contributed by atoms with E-state index in [0.717, 1.165) is 15.6 Å². The topological polar surface area (TPSA) is 26.3 Å². The zero-order chi connectivity index (χ0) is 16.1. The third kappa shape index (κ3) is 3.18. The Morgan fingerprint density at radius 2 is 0.957 bits per heavy atom. The first-order chi connectivity index (χ1) is 11.2. The van der Waals surface area contributed by atoms with E-state index in [2.05, 4.69) is 36.4 Å².